The van der Waals surface area contributed by atoms with Crippen molar-refractivity contribution < 1.29 is 18.3 Å². The lowest BCUT2D eigenvalue weighted by molar-refractivity contribution is -0.133. The number of amides is 1. The summed E-state index contributed by atoms with van der Waals surface area (Å²) < 4.78 is 42.1. The van der Waals surface area contributed by atoms with Gasteiger partial charge in [0, 0.05) is 59.6 Å². The highest BCUT2D eigenvalue weighted by molar-refractivity contribution is 6.43. The minimum atomic E-state index is -1.14. The first-order valence-corrected chi connectivity index (χ1v) is 19.5. The Morgan fingerprint density at radius 1 is 1.19 bits per heavy atom. The minimum absolute atomic E-state index is 0.0156. The van der Waals surface area contributed by atoms with E-state index in [1.54, 1.807) is 23.1 Å². The van der Waals surface area contributed by atoms with Crippen LogP contribution in [0.5, 0.6) is 5.88 Å². The Hall–Kier alpha value is -3.49. The number of pyridine rings is 1. The van der Waals surface area contributed by atoms with Gasteiger partial charge in [0.1, 0.15) is 17.8 Å². The lowest BCUT2D eigenvalue weighted by Crippen LogP contribution is -2.41. The van der Waals surface area contributed by atoms with E-state index >= 15 is 8.78 Å². The van der Waals surface area contributed by atoms with Crippen molar-refractivity contribution in [1.82, 2.24) is 24.7 Å². The van der Waals surface area contributed by atoms with Crippen molar-refractivity contribution in [3.8, 4) is 23.1 Å². The fourth-order valence-corrected chi connectivity index (χ4v) is 10.1. The van der Waals surface area contributed by atoms with Gasteiger partial charge in [-0.15, -0.1) is 0 Å². The molecule has 2 aromatic heterocycles. The molecule has 6 heterocycles. The molecule has 0 radical (unpaired) electrons. The van der Waals surface area contributed by atoms with Crippen LogP contribution in [0, 0.1) is 29.0 Å². The number of ether oxygens (including phenoxy) is 1. The van der Waals surface area contributed by atoms with Gasteiger partial charge in [-0.05, 0) is 88.7 Å². The third kappa shape index (κ3) is 5.49. The number of carbonyl (C=O) groups is 1. The summed E-state index contributed by atoms with van der Waals surface area (Å²) in [5.41, 5.74) is 3.06. The number of halogens is 4. The summed E-state index contributed by atoms with van der Waals surface area (Å²) in [6.45, 7) is 3.93. The second-order valence-corrected chi connectivity index (χ2v) is 16.4. The summed E-state index contributed by atoms with van der Waals surface area (Å²) in [5.74, 6) is 0.0525. The molecular formula is C40H42Cl2F2N6O2. The number of carbonyl (C=O) groups excluding carboxylic acids is 1. The molecule has 6 aliphatic rings. The zero-order valence-electron chi connectivity index (χ0n) is 29.3. The molecule has 2 aliphatic carbocycles. The second-order valence-electron chi connectivity index (χ2n) is 15.6. The van der Waals surface area contributed by atoms with Crippen LogP contribution in [-0.4, -0.2) is 76.3 Å². The van der Waals surface area contributed by atoms with E-state index in [1.807, 2.05) is 19.1 Å². The molecule has 4 aliphatic heterocycles. The average molecular weight is 748 g/mol. The molecule has 2 bridgehead atoms. The van der Waals surface area contributed by atoms with Crippen molar-refractivity contribution >= 4 is 50.9 Å². The summed E-state index contributed by atoms with van der Waals surface area (Å²) in [6.07, 6.45) is 3.99. The smallest absolute Gasteiger partial charge is 0.226 e. The van der Waals surface area contributed by atoms with Crippen molar-refractivity contribution in [2.45, 2.75) is 94.7 Å². The van der Waals surface area contributed by atoms with E-state index in [9.17, 15) is 10.1 Å². The first kappa shape index (κ1) is 34.3. The Labute approximate surface area is 312 Å². The quantitative estimate of drug-likeness (QED) is 0.186. The van der Waals surface area contributed by atoms with Crippen LogP contribution in [0.15, 0.2) is 30.3 Å². The normalized spacial score (nSPS) is 27.8. The maximum absolute atomic E-state index is 17.5. The molecule has 4 aromatic rings. The number of nitriles is 1. The third-order valence-electron chi connectivity index (χ3n) is 12.4. The van der Waals surface area contributed by atoms with E-state index < -0.39 is 18.0 Å². The third-order valence-corrected chi connectivity index (χ3v) is 13.2. The Morgan fingerprint density at radius 2 is 2.02 bits per heavy atom. The van der Waals surface area contributed by atoms with Gasteiger partial charge in [0.15, 0.2) is 5.82 Å². The van der Waals surface area contributed by atoms with Crippen LogP contribution in [0.3, 0.4) is 0 Å². The highest BCUT2D eigenvalue weighted by atomic mass is 35.5. The van der Waals surface area contributed by atoms with Crippen LogP contribution in [-0.2, 0) is 11.2 Å². The van der Waals surface area contributed by atoms with Crippen LogP contribution in [0.25, 0.3) is 32.9 Å². The van der Waals surface area contributed by atoms with Crippen LogP contribution in [0.4, 0.5) is 8.78 Å². The number of rotatable bonds is 9. The zero-order chi connectivity index (χ0) is 36.0. The number of benzene rings is 2. The van der Waals surface area contributed by atoms with Gasteiger partial charge in [-0.1, -0.05) is 35.3 Å². The first-order valence-electron chi connectivity index (χ1n) is 18.7. The highest BCUT2D eigenvalue weighted by Crippen LogP contribution is 2.52. The van der Waals surface area contributed by atoms with Crippen molar-refractivity contribution in [3.05, 3.63) is 57.5 Å². The number of nitrogens with zero attached hydrogens (tertiary/aromatic N) is 5. The molecule has 6 fully saturated rings. The molecule has 1 amide bonds. The van der Waals surface area contributed by atoms with Crippen LogP contribution in [0.1, 0.15) is 75.2 Å². The molecule has 4 saturated heterocycles. The van der Waals surface area contributed by atoms with Gasteiger partial charge in [0.2, 0.25) is 11.8 Å². The number of aromatic nitrogens is 2. The predicted molar refractivity (Wildman–Crippen MR) is 198 cm³/mol. The number of likely N-dealkylation sites (tertiary alicyclic amines) is 2. The van der Waals surface area contributed by atoms with Gasteiger partial charge >= 0.3 is 0 Å². The van der Waals surface area contributed by atoms with Crippen LogP contribution < -0.4 is 10.1 Å². The van der Waals surface area contributed by atoms with Gasteiger partial charge in [-0.25, -0.2) is 13.8 Å². The van der Waals surface area contributed by atoms with Gasteiger partial charge in [0.25, 0.3) is 0 Å². The number of hydrogen-bond acceptors (Lipinski definition) is 6. The van der Waals surface area contributed by atoms with E-state index in [1.165, 1.54) is 0 Å². The summed E-state index contributed by atoms with van der Waals surface area (Å²) >= 11 is 13.2. The number of nitrogens with one attached hydrogen (secondary N) is 1. The van der Waals surface area contributed by atoms with Gasteiger partial charge in [-0.2, -0.15) is 5.26 Å². The molecule has 1 N–H and O–H groups in total. The number of fused-ring (bicyclic) bond motifs is 4. The predicted octanol–water partition coefficient (Wildman–Crippen LogP) is 8.17. The SMILES string of the molecule is CC(Oc1nc2c(F)c(-c3cccc(Cl)c3Cl)c(CCC#N)cc2c2c1cc(C1CC(F)CN1C(=O)C1CC1)n2C1C2CNC1C2)C1CCCN1C. The van der Waals surface area contributed by atoms with Crippen LogP contribution in [0.2, 0.25) is 10.0 Å². The highest BCUT2D eigenvalue weighted by Gasteiger charge is 2.51. The summed E-state index contributed by atoms with van der Waals surface area (Å²) in [6, 6.07) is 11.3. The van der Waals surface area contributed by atoms with Gasteiger partial charge in [0.05, 0.1) is 45.6 Å². The Balaban J connectivity index is 1.33. The molecule has 2 aromatic carbocycles. The monoisotopic (exact) mass is 746 g/mol. The van der Waals surface area contributed by atoms with Gasteiger partial charge < -0.3 is 19.5 Å². The van der Waals surface area contributed by atoms with E-state index in [2.05, 4.69) is 27.9 Å². The molecule has 7 unspecified atom stereocenters. The molecular weight excluding hydrogens is 705 g/mol. The molecule has 2 saturated carbocycles. The number of aryl methyl sites for hydroxylation is 1. The van der Waals surface area contributed by atoms with Crippen molar-refractivity contribution in [3.63, 3.8) is 0 Å². The molecule has 52 heavy (non-hydrogen) atoms. The fraction of sp³-hybridized carbons (Fsp3) is 0.525. The molecule has 0 spiro atoms. The molecule has 7 atom stereocenters. The van der Waals surface area contributed by atoms with E-state index in [4.69, 9.17) is 32.9 Å². The largest absolute Gasteiger partial charge is 0.472 e. The molecule has 272 valence electrons. The molecule has 8 nitrogen and oxygen atoms in total. The second kappa shape index (κ2) is 13.1. The number of alkyl halides is 1. The van der Waals surface area contributed by atoms with E-state index in [-0.39, 0.29) is 78.0 Å². The van der Waals surface area contributed by atoms with Crippen molar-refractivity contribution in [2.75, 3.05) is 26.7 Å². The first-order chi connectivity index (χ1) is 25.1. The van der Waals surface area contributed by atoms with Crippen LogP contribution >= 0.6 is 23.2 Å². The maximum atomic E-state index is 17.5. The number of hydrogen-bond donors (Lipinski definition) is 1. The topological polar surface area (TPSA) is 86.4 Å². The standard InChI is InChI=1S/C40H42Cl2F2N6O2/c1-20(30-9-5-13-48(30)2)52-39-27-17-32(31-16-24(43)19-49(31)40(51)21-10-11-21)50(37-23-15-29(37)46-18-23)38(27)26-14-22(6-4-12-45)33(35(44)36(26)47-39)25-7-3-8-28(41)34(25)42/h3,7-8,14,17,20-21,23-24,29-31,37,46H,4-6,9-11,13,15-16,18-19H2,1-2H3. The Morgan fingerprint density at radius 3 is 2.71 bits per heavy atom. The molecule has 10 rings (SSSR count). The fourth-order valence-electron chi connectivity index (χ4n) is 9.67. The maximum Gasteiger partial charge on any atom is 0.226 e. The summed E-state index contributed by atoms with van der Waals surface area (Å²) in [7, 11) is 2.09. The van der Waals surface area contributed by atoms with Crippen molar-refractivity contribution in [1.29, 1.82) is 5.26 Å². The summed E-state index contributed by atoms with van der Waals surface area (Å²) in [5, 5.41) is 15.1. The van der Waals surface area contributed by atoms with E-state index in [0.717, 1.165) is 61.8 Å². The summed E-state index contributed by atoms with van der Waals surface area (Å²) in [4.78, 5) is 22.7. The zero-order valence-corrected chi connectivity index (χ0v) is 30.9. The van der Waals surface area contributed by atoms with Crippen molar-refractivity contribution in [2.24, 2.45) is 11.8 Å². The molecule has 12 heteroatoms. The number of likely N-dealkylation sites (N-methyl/N-ethyl adjacent to an activating group) is 1. The minimum Gasteiger partial charge on any atom is -0.472 e. The lowest BCUT2D eigenvalue weighted by atomic mass is 9.79. The Kier molecular flexibility index (Phi) is 8.65. The average Bonchev–Trinajstić information content (AvgIpc) is 3.55. The van der Waals surface area contributed by atoms with E-state index in [0.29, 0.717) is 33.3 Å². The van der Waals surface area contributed by atoms with Gasteiger partial charge in [-0.3, -0.25) is 9.69 Å². The Bertz CT molecular complexity index is 2130. The lowest BCUT2D eigenvalue weighted by Gasteiger charge is -2.39.